The van der Waals surface area contributed by atoms with Gasteiger partial charge in [0.25, 0.3) is 0 Å². The van der Waals surface area contributed by atoms with Crippen LogP contribution in [-0.4, -0.2) is 22.1 Å². The van der Waals surface area contributed by atoms with E-state index in [0.29, 0.717) is 17.3 Å². The molecule has 1 aromatic heterocycles. The third-order valence-electron chi connectivity index (χ3n) is 4.23. The molecule has 0 saturated heterocycles. The van der Waals surface area contributed by atoms with Gasteiger partial charge in [-0.1, -0.05) is 24.3 Å². The third-order valence-corrected chi connectivity index (χ3v) is 4.23. The summed E-state index contributed by atoms with van der Waals surface area (Å²) < 4.78 is 18.8. The van der Waals surface area contributed by atoms with Crippen molar-refractivity contribution in [2.75, 3.05) is 7.05 Å². The monoisotopic (exact) mass is 453 g/mol. The predicted molar refractivity (Wildman–Crippen MR) is 106 cm³/mol. The van der Waals surface area contributed by atoms with Gasteiger partial charge in [-0.25, -0.2) is 4.39 Å². The molecule has 132 valence electrons. The number of rotatable bonds is 5. The first-order valence-corrected chi connectivity index (χ1v) is 7.88. The van der Waals surface area contributed by atoms with Gasteiger partial charge in [0.1, 0.15) is 5.82 Å². The molecule has 0 N–H and O–H groups in total. The van der Waals surface area contributed by atoms with E-state index in [4.69, 9.17) is 4.42 Å². The van der Waals surface area contributed by atoms with Crippen LogP contribution in [0.4, 0.5) is 4.39 Å². The molecule has 6 heteroatoms. The Morgan fingerprint density at radius 3 is 2.44 bits per heavy atom. The molecule has 25 heavy (non-hydrogen) atoms. The van der Waals surface area contributed by atoms with E-state index < -0.39 is 0 Å². The van der Waals surface area contributed by atoms with Gasteiger partial charge in [0, 0.05) is 12.1 Å². The van der Waals surface area contributed by atoms with E-state index in [2.05, 4.69) is 34.2 Å². The molecular formula is C19H21FIN3O. The minimum absolute atomic E-state index is 0. The van der Waals surface area contributed by atoms with Crippen LogP contribution in [0, 0.1) is 12.7 Å². The van der Waals surface area contributed by atoms with Gasteiger partial charge >= 0.3 is 0 Å². The summed E-state index contributed by atoms with van der Waals surface area (Å²) in [7, 11) is 2.03. The average Bonchev–Trinajstić information content (AvgIpc) is 3.07. The van der Waals surface area contributed by atoms with Crippen molar-refractivity contribution < 1.29 is 8.81 Å². The molecule has 3 aromatic rings. The summed E-state index contributed by atoms with van der Waals surface area (Å²) >= 11 is 0. The molecule has 0 aliphatic heterocycles. The number of hydrogen-bond donors (Lipinski definition) is 0. The fourth-order valence-electron chi connectivity index (χ4n) is 2.49. The van der Waals surface area contributed by atoms with Crippen LogP contribution in [0.5, 0.6) is 0 Å². The maximum atomic E-state index is 13.0. The topological polar surface area (TPSA) is 42.2 Å². The zero-order valence-electron chi connectivity index (χ0n) is 14.4. The van der Waals surface area contributed by atoms with Gasteiger partial charge in [-0.05, 0) is 56.3 Å². The highest BCUT2D eigenvalue weighted by molar-refractivity contribution is 14.0. The summed E-state index contributed by atoms with van der Waals surface area (Å²) in [4.78, 5) is 2.16. The van der Waals surface area contributed by atoms with Crippen molar-refractivity contribution in [3.05, 3.63) is 71.4 Å². The van der Waals surface area contributed by atoms with E-state index in [9.17, 15) is 4.39 Å². The summed E-state index contributed by atoms with van der Waals surface area (Å²) in [6.45, 7) is 4.93. The van der Waals surface area contributed by atoms with E-state index in [-0.39, 0.29) is 35.8 Å². The van der Waals surface area contributed by atoms with Gasteiger partial charge < -0.3 is 4.42 Å². The maximum absolute atomic E-state index is 13.0. The lowest BCUT2D eigenvalue weighted by molar-refractivity contribution is 0.217. The summed E-state index contributed by atoms with van der Waals surface area (Å²) in [6.07, 6.45) is 0. The minimum Gasteiger partial charge on any atom is -0.419 e. The van der Waals surface area contributed by atoms with Crippen LogP contribution < -0.4 is 0 Å². The van der Waals surface area contributed by atoms with Crippen LogP contribution >= 0.6 is 24.0 Å². The van der Waals surface area contributed by atoms with Crippen molar-refractivity contribution in [2.45, 2.75) is 26.4 Å². The Bertz CT molecular complexity index is 820. The number of benzene rings is 2. The summed E-state index contributed by atoms with van der Waals surface area (Å²) in [6, 6.07) is 14.3. The summed E-state index contributed by atoms with van der Waals surface area (Å²) in [5, 5.41) is 8.23. The summed E-state index contributed by atoms with van der Waals surface area (Å²) in [5.41, 5.74) is 3.24. The zero-order valence-corrected chi connectivity index (χ0v) is 16.8. The molecule has 2 aromatic carbocycles. The minimum atomic E-state index is -0.287. The van der Waals surface area contributed by atoms with Gasteiger partial charge in [-0.2, -0.15) is 0 Å². The van der Waals surface area contributed by atoms with Crippen molar-refractivity contribution in [2.24, 2.45) is 0 Å². The second-order valence-electron chi connectivity index (χ2n) is 5.97. The Morgan fingerprint density at radius 1 is 1.08 bits per heavy atom. The van der Waals surface area contributed by atoms with Crippen molar-refractivity contribution in [3.63, 3.8) is 0 Å². The van der Waals surface area contributed by atoms with Gasteiger partial charge in [0.2, 0.25) is 11.8 Å². The fraction of sp³-hybridized carbons (Fsp3) is 0.263. The van der Waals surface area contributed by atoms with Crippen molar-refractivity contribution >= 4 is 24.0 Å². The number of halogens is 2. The lowest BCUT2D eigenvalue weighted by atomic mass is 10.1. The van der Waals surface area contributed by atoms with E-state index in [1.54, 1.807) is 12.1 Å². The quantitative estimate of drug-likeness (QED) is 0.511. The molecule has 0 radical (unpaired) electrons. The largest absolute Gasteiger partial charge is 0.419 e. The molecule has 0 aliphatic carbocycles. The average molecular weight is 453 g/mol. The molecular weight excluding hydrogens is 432 g/mol. The highest BCUT2D eigenvalue weighted by atomic mass is 127. The van der Waals surface area contributed by atoms with Crippen LogP contribution in [0.2, 0.25) is 0 Å². The second kappa shape index (κ2) is 8.53. The normalized spacial score (nSPS) is 12.0. The van der Waals surface area contributed by atoms with Gasteiger partial charge in [0.15, 0.2) is 0 Å². The standard InChI is InChI=1S/C19H20FN3O.HI/c1-13-6-4-5-7-16(13)12-23(3)14(2)18-21-22-19(24-18)15-8-10-17(20)11-9-15;/h4-11,14H,12H2,1-3H3;1H. The number of aromatic nitrogens is 2. The highest BCUT2D eigenvalue weighted by Gasteiger charge is 2.19. The molecule has 0 aliphatic rings. The van der Waals surface area contributed by atoms with Crippen molar-refractivity contribution in [1.29, 1.82) is 0 Å². The van der Waals surface area contributed by atoms with Gasteiger partial charge in [-0.3, -0.25) is 4.90 Å². The molecule has 1 heterocycles. The Kier molecular flexibility index (Phi) is 6.66. The number of aryl methyl sites for hydroxylation is 1. The molecule has 0 spiro atoms. The van der Waals surface area contributed by atoms with Crippen LogP contribution in [0.25, 0.3) is 11.5 Å². The van der Waals surface area contributed by atoms with Gasteiger partial charge in [-0.15, -0.1) is 34.2 Å². The SMILES string of the molecule is Cc1ccccc1CN(C)C(C)c1nnc(-c2ccc(F)cc2)o1.I. The highest BCUT2D eigenvalue weighted by Crippen LogP contribution is 2.24. The smallest absolute Gasteiger partial charge is 0.247 e. The summed E-state index contributed by atoms with van der Waals surface area (Å²) in [5.74, 6) is 0.663. The number of nitrogens with zero attached hydrogens (tertiary/aromatic N) is 3. The van der Waals surface area contributed by atoms with Crippen LogP contribution in [0.3, 0.4) is 0 Å². The zero-order chi connectivity index (χ0) is 17.1. The Balaban J connectivity index is 0.00000225. The lowest BCUT2D eigenvalue weighted by Crippen LogP contribution is -2.22. The maximum Gasteiger partial charge on any atom is 0.247 e. The van der Waals surface area contributed by atoms with E-state index in [1.165, 1.54) is 23.3 Å². The first-order valence-electron chi connectivity index (χ1n) is 7.88. The van der Waals surface area contributed by atoms with E-state index in [0.717, 1.165) is 6.54 Å². The molecule has 1 unspecified atom stereocenters. The molecule has 0 amide bonds. The predicted octanol–water partition coefficient (Wildman–Crippen LogP) is 5.00. The van der Waals surface area contributed by atoms with Crippen LogP contribution in [0.15, 0.2) is 52.9 Å². The Hall–Kier alpha value is -1.80. The van der Waals surface area contributed by atoms with E-state index >= 15 is 0 Å². The Labute approximate surface area is 164 Å². The molecule has 0 bridgehead atoms. The molecule has 4 nitrogen and oxygen atoms in total. The molecule has 0 fully saturated rings. The molecule has 3 rings (SSSR count). The van der Waals surface area contributed by atoms with Crippen LogP contribution in [0.1, 0.15) is 30.0 Å². The molecule has 1 atom stereocenters. The lowest BCUT2D eigenvalue weighted by Gasteiger charge is -2.22. The van der Waals surface area contributed by atoms with E-state index in [1.807, 2.05) is 26.1 Å². The Morgan fingerprint density at radius 2 is 1.76 bits per heavy atom. The third kappa shape index (κ3) is 4.64. The molecule has 0 saturated carbocycles. The fourth-order valence-corrected chi connectivity index (χ4v) is 2.49. The van der Waals surface area contributed by atoms with Crippen LogP contribution in [-0.2, 0) is 6.54 Å². The number of hydrogen-bond acceptors (Lipinski definition) is 4. The first-order chi connectivity index (χ1) is 11.5. The van der Waals surface area contributed by atoms with Gasteiger partial charge in [0.05, 0.1) is 6.04 Å². The van der Waals surface area contributed by atoms with Crippen molar-refractivity contribution in [1.82, 2.24) is 15.1 Å². The second-order valence-corrected chi connectivity index (χ2v) is 5.97. The first kappa shape index (κ1) is 19.5. The van der Waals surface area contributed by atoms with Crippen molar-refractivity contribution in [3.8, 4) is 11.5 Å².